The number of carboxylic acid groups (broad SMARTS) is 1. The molecule has 0 fully saturated rings. The van der Waals surface area contributed by atoms with Gasteiger partial charge in [-0.2, -0.15) is 0 Å². The molecule has 1 aromatic rings. The van der Waals surface area contributed by atoms with Gasteiger partial charge in [-0.05, 0) is 56.7 Å². The van der Waals surface area contributed by atoms with Gasteiger partial charge in [-0.15, -0.1) is 0 Å². The van der Waals surface area contributed by atoms with Crippen LogP contribution in [0.2, 0.25) is 0 Å². The number of hydrogen-bond acceptors (Lipinski definition) is 9. The molecule has 0 heterocycles. The molecule has 0 saturated heterocycles. The second-order valence-electron chi connectivity index (χ2n) is 11.4. The SMILES string of the molecule is CCC(C)(C)OC(=O)OC(C)C(C)C(c1ccc(OC(=O)CC(C)C)c(OC(=O)CC(C)C)c1)[C@H](N)C(=O)O. The first-order valence-electron chi connectivity index (χ1n) is 13.4. The zero-order valence-corrected chi connectivity index (χ0v) is 24.6. The third kappa shape index (κ3) is 11.2. The summed E-state index contributed by atoms with van der Waals surface area (Å²) in [5.41, 5.74) is 5.79. The third-order valence-electron chi connectivity index (χ3n) is 6.42. The van der Waals surface area contributed by atoms with Crippen LogP contribution < -0.4 is 15.2 Å². The Bertz CT molecular complexity index is 1000. The normalized spacial score (nSPS) is 14.8. The first-order chi connectivity index (χ1) is 18.0. The molecule has 1 aromatic carbocycles. The average molecular weight is 552 g/mol. The highest BCUT2D eigenvalue weighted by Crippen LogP contribution is 2.37. The lowest BCUT2D eigenvalue weighted by Gasteiger charge is -2.32. The second kappa shape index (κ2) is 14.9. The van der Waals surface area contributed by atoms with E-state index in [0.29, 0.717) is 12.0 Å². The second-order valence-corrected chi connectivity index (χ2v) is 11.4. The molecule has 1 rings (SSSR count). The zero-order valence-electron chi connectivity index (χ0n) is 24.6. The molecular formula is C29H45NO9. The van der Waals surface area contributed by atoms with Crippen molar-refractivity contribution in [2.45, 2.75) is 105 Å². The molecule has 10 heteroatoms. The van der Waals surface area contributed by atoms with Crippen molar-refractivity contribution in [3.63, 3.8) is 0 Å². The minimum Gasteiger partial charge on any atom is -0.480 e. The molecule has 4 atom stereocenters. The highest BCUT2D eigenvalue weighted by Gasteiger charge is 2.36. The van der Waals surface area contributed by atoms with Gasteiger partial charge >= 0.3 is 24.1 Å². The predicted octanol–water partition coefficient (Wildman–Crippen LogP) is 5.45. The van der Waals surface area contributed by atoms with Crippen molar-refractivity contribution in [1.82, 2.24) is 0 Å². The van der Waals surface area contributed by atoms with Gasteiger partial charge < -0.3 is 29.8 Å². The van der Waals surface area contributed by atoms with E-state index in [4.69, 9.17) is 24.7 Å². The zero-order chi connectivity index (χ0) is 30.1. The van der Waals surface area contributed by atoms with Crippen LogP contribution in [0.5, 0.6) is 11.5 Å². The number of rotatable bonds is 14. The van der Waals surface area contributed by atoms with Crippen molar-refractivity contribution in [1.29, 1.82) is 0 Å². The van der Waals surface area contributed by atoms with Gasteiger partial charge in [-0.3, -0.25) is 14.4 Å². The third-order valence-corrected chi connectivity index (χ3v) is 6.42. The molecule has 3 unspecified atom stereocenters. The van der Waals surface area contributed by atoms with Crippen LogP contribution >= 0.6 is 0 Å². The van der Waals surface area contributed by atoms with Crippen LogP contribution in [0.4, 0.5) is 4.79 Å². The largest absolute Gasteiger partial charge is 0.509 e. The summed E-state index contributed by atoms with van der Waals surface area (Å²) < 4.78 is 21.9. The molecule has 0 radical (unpaired) electrons. The molecule has 39 heavy (non-hydrogen) atoms. The van der Waals surface area contributed by atoms with Crippen LogP contribution in [0.25, 0.3) is 0 Å². The Morgan fingerprint density at radius 1 is 0.897 bits per heavy atom. The van der Waals surface area contributed by atoms with Gasteiger partial charge in [-0.1, -0.05) is 47.6 Å². The molecule has 0 amide bonds. The summed E-state index contributed by atoms with van der Waals surface area (Å²) in [6.45, 7) is 16.2. The molecule has 0 bridgehead atoms. The van der Waals surface area contributed by atoms with Crippen LogP contribution in [-0.2, 0) is 23.9 Å². The maximum atomic E-state index is 12.5. The average Bonchev–Trinajstić information content (AvgIpc) is 2.78. The van der Waals surface area contributed by atoms with E-state index in [1.807, 2.05) is 34.6 Å². The first kappa shape index (κ1) is 33.9. The maximum absolute atomic E-state index is 12.5. The summed E-state index contributed by atoms with van der Waals surface area (Å²) in [5.74, 6) is -3.67. The van der Waals surface area contributed by atoms with E-state index in [0.717, 1.165) is 0 Å². The Hall–Kier alpha value is -3.14. The number of benzene rings is 1. The van der Waals surface area contributed by atoms with Crippen molar-refractivity contribution in [3.05, 3.63) is 23.8 Å². The van der Waals surface area contributed by atoms with Gasteiger partial charge in [0.15, 0.2) is 11.5 Å². The molecule has 0 saturated carbocycles. The molecular weight excluding hydrogens is 506 g/mol. The summed E-state index contributed by atoms with van der Waals surface area (Å²) in [7, 11) is 0. The number of nitrogens with two attached hydrogens (primary N) is 1. The van der Waals surface area contributed by atoms with Crippen LogP contribution in [0.15, 0.2) is 18.2 Å². The number of carbonyl (C=O) groups is 4. The van der Waals surface area contributed by atoms with Crippen LogP contribution in [0.3, 0.4) is 0 Å². The molecule has 0 aliphatic heterocycles. The molecule has 10 nitrogen and oxygen atoms in total. The lowest BCUT2D eigenvalue weighted by molar-refractivity contribution is -0.140. The van der Waals surface area contributed by atoms with E-state index in [1.54, 1.807) is 33.8 Å². The fourth-order valence-electron chi connectivity index (χ4n) is 3.76. The molecule has 220 valence electrons. The molecule has 0 aliphatic rings. The van der Waals surface area contributed by atoms with Crippen molar-refractivity contribution in [2.75, 3.05) is 0 Å². The standard InChI is InChI=1S/C29H45NO9/c1-10-29(8,9)39-28(35)36-19(7)18(6)25(26(30)27(33)34)20-11-12-21(37-23(31)13-16(2)3)22(15-20)38-24(32)14-17(4)5/h11-12,15-19,25-26H,10,13-14,30H2,1-9H3,(H,33,34)/t18?,19?,25?,26-/m0/s1. The molecule has 3 N–H and O–H groups in total. The lowest BCUT2D eigenvalue weighted by atomic mass is 9.79. The summed E-state index contributed by atoms with van der Waals surface area (Å²) in [6.07, 6.45) is -0.801. The number of carboxylic acids is 1. The van der Waals surface area contributed by atoms with E-state index in [2.05, 4.69) is 0 Å². The number of carbonyl (C=O) groups excluding carboxylic acids is 3. The molecule has 0 aromatic heterocycles. The van der Waals surface area contributed by atoms with Crippen molar-refractivity contribution >= 4 is 24.1 Å². The minimum absolute atomic E-state index is 0.0243. The van der Waals surface area contributed by atoms with E-state index >= 15 is 0 Å². The monoisotopic (exact) mass is 551 g/mol. The van der Waals surface area contributed by atoms with Crippen molar-refractivity contribution < 1.29 is 43.2 Å². The van der Waals surface area contributed by atoms with E-state index in [9.17, 15) is 24.3 Å². The Labute approximate surface area is 231 Å². The molecule has 0 aliphatic carbocycles. The van der Waals surface area contributed by atoms with Crippen LogP contribution in [-0.4, -0.2) is 46.9 Å². The van der Waals surface area contributed by atoms with Gasteiger partial charge in [0.25, 0.3) is 0 Å². The fourth-order valence-corrected chi connectivity index (χ4v) is 3.76. The van der Waals surface area contributed by atoms with Crippen molar-refractivity contribution in [3.8, 4) is 11.5 Å². The maximum Gasteiger partial charge on any atom is 0.509 e. The predicted molar refractivity (Wildman–Crippen MR) is 146 cm³/mol. The Balaban J connectivity index is 3.42. The Morgan fingerprint density at radius 3 is 1.87 bits per heavy atom. The highest BCUT2D eigenvalue weighted by molar-refractivity contribution is 5.77. The van der Waals surface area contributed by atoms with E-state index < -0.39 is 53.6 Å². The number of aliphatic carboxylic acids is 1. The number of ether oxygens (including phenoxy) is 4. The summed E-state index contributed by atoms with van der Waals surface area (Å²) in [5, 5.41) is 9.77. The van der Waals surface area contributed by atoms with E-state index in [-0.39, 0.29) is 36.2 Å². The van der Waals surface area contributed by atoms with Gasteiger partial charge in [0.05, 0.1) is 0 Å². The Morgan fingerprint density at radius 2 is 1.41 bits per heavy atom. The Kier molecular flexibility index (Phi) is 12.9. The van der Waals surface area contributed by atoms with Gasteiger partial charge in [0, 0.05) is 24.7 Å². The quantitative estimate of drug-likeness (QED) is 0.225. The minimum atomic E-state index is -1.39. The lowest BCUT2D eigenvalue weighted by Crippen LogP contribution is -2.43. The summed E-state index contributed by atoms with van der Waals surface area (Å²) >= 11 is 0. The number of hydrogen-bond donors (Lipinski definition) is 2. The summed E-state index contributed by atoms with van der Waals surface area (Å²) in [6, 6.07) is 3.07. The fraction of sp³-hybridized carbons (Fsp3) is 0.655. The van der Waals surface area contributed by atoms with E-state index in [1.165, 1.54) is 12.1 Å². The van der Waals surface area contributed by atoms with Crippen molar-refractivity contribution in [2.24, 2.45) is 23.5 Å². The van der Waals surface area contributed by atoms with Crippen LogP contribution in [0.1, 0.15) is 93.1 Å². The summed E-state index contributed by atoms with van der Waals surface area (Å²) in [4.78, 5) is 49.2. The van der Waals surface area contributed by atoms with Gasteiger partial charge in [0.1, 0.15) is 17.7 Å². The topological polar surface area (TPSA) is 151 Å². The van der Waals surface area contributed by atoms with Gasteiger partial charge in [0.2, 0.25) is 0 Å². The smallest absolute Gasteiger partial charge is 0.480 e. The van der Waals surface area contributed by atoms with Crippen LogP contribution in [0, 0.1) is 17.8 Å². The first-order valence-corrected chi connectivity index (χ1v) is 13.4. The van der Waals surface area contributed by atoms with Gasteiger partial charge in [-0.25, -0.2) is 4.79 Å². The highest BCUT2D eigenvalue weighted by atomic mass is 16.7. The molecule has 0 spiro atoms. The number of esters is 2.